The van der Waals surface area contributed by atoms with E-state index in [2.05, 4.69) is 5.32 Å². The second-order valence-corrected chi connectivity index (χ2v) is 9.55. The van der Waals surface area contributed by atoms with E-state index in [1.165, 1.54) is 52.8 Å². The van der Waals surface area contributed by atoms with Crippen LogP contribution < -0.4 is 14.4 Å². The van der Waals surface area contributed by atoms with Gasteiger partial charge in [-0.15, -0.1) is 0 Å². The van der Waals surface area contributed by atoms with Crippen molar-refractivity contribution in [3.63, 3.8) is 0 Å². The predicted octanol–water partition coefficient (Wildman–Crippen LogP) is 5.02. The molecule has 6 nitrogen and oxygen atoms in total. The topological polar surface area (TPSA) is 75.7 Å². The maximum atomic E-state index is 13.4. The number of hydrogen-bond donors (Lipinski definition) is 1. The van der Waals surface area contributed by atoms with Gasteiger partial charge in [-0.2, -0.15) is 13.2 Å². The van der Waals surface area contributed by atoms with Crippen molar-refractivity contribution in [1.82, 2.24) is 0 Å². The molecule has 1 aliphatic rings. The number of nitrogens with zero attached hydrogens (tertiary/aromatic N) is 1. The zero-order chi connectivity index (χ0) is 24.3. The number of aryl methyl sites for hydroxylation is 1. The van der Waals surface area contributed by atoms with E-state index in [4.69, 9.17) is 4.74 Å². The third-order valence-electron chi connectivity index (χ3n) is 5.28. The number of anilines is 2. The highest BCUT2D eigenvalue weighted by atomic mass is 32.2. The number of benzene rings is 3. The fourth-order valence-corrected chi connectivity index (χ4v) is 5.31. The molecule has 0 atom stereocenters. The number of carbonyl (C=O) groups excluding carboxylic acids is 1. The van der Waals surface area contributed by atoms with E-state index in [0.29, 0.717) is 18.7 Å². The predicted molar refractivity (Wildman–Crippen MR) is 122 cm³/mol. The summed E-state index contributed by atoms with van der Waals surface area (Å²) in [7, 11) is -3.93. The quantitative estimate of drug-likeness (QED) is 0.527. The van der Waals surface area contributed by atoms with E-state index in [0.717, 1.165) is 12.0 Å². The number of sulfonamides is 1. The van der Waals surface area contributed by atoms with Gasteiger partial charge >= 0.3 is 6.18 Å². The van der Waals surface area contributed by atoms with Crippen LogP contribution in [0.2, 0.25) is 0 Å². The van der Waals surface area contributed by atoms with E-state index in [1.54, 1.807) is 12.1 Å². The minimum atomic E-state index is -4.53. The van der Waals surface area contributed by atoms with Gasteiger partial charge in [-0.1, -0.05) is 36.4 Å². The molecule has 0 saturated carbocycles. The molecule has 0 fully saturated rings. The summed E-state index contributed by atoms with van der Waals surface area (Å²) in [6.07, 6.45) is -3.08. The van der Waals surface area contributed by atoms with Gasteiger partial charge in [-0.25, -0.2) is 8.42 Å². The van der Waals surface area contributed by atoms with Crippen LogP contribution in [0.4, 0.5) is 24.5 Å². The van der Waals surface area contributed by atoms with Crippen molar-refractivity contribution >= 4 is 27.3 Å². The van der Waals surface area contributed by atoms with Crippen molar-refractivity contribution in [3.8, 4) is 5.75 Å². The summed E-state index contributed by atoms with van der Waals surface area (Å²) in [5.74, 6) is -0.832. The molecule has 34 heavy (non-hydrogen) atoms. The summed E-state index contributed by atoms with van der Waals surface area (Å²) in [5, 5.41) is 2.50. The summed E-state index contributed by atoms with van der Waals surface area (Å²) in [6, 6.07) is 18.5. The van der Waals surface area contributed by atoms with Gasteiger partial charge in [0.1, 0.15) is 5.75 Å². The molecule has 0 spiro atoms. The highest BCUT2D eigenvalue weighted by Crippen LogP contribution is 2.32. The van der Waals surface area contributed by atoms with Gasteiger partial charge in [0.2, 0.25) is 0 Å². The van der Waals surface area contributed by atoms with Crippen LogP contribution in [-0.4, -0.2) is 33.7 Å². The Bertz CT molecular complexity index is 1310. The van der Waals surface area contributed by atoms with Crippen LogP contribution in [-0.2, 0) is 16.4 Å². The Morgan fingerprint density at radius 1 is 1.00 bits per heavy atom. The van der Waals surface area contributed by atoms with E-state index in [-0.39, 0.29) is 21.9 Å². The fraction of sp³-hybridized carbons (Fsp3) is 0.208. The first-order valence-electron chi connectivity index (χ1n) is 10.5. The van der Waals surface area contributed by atoms with Crippen LogP contribution >= 0.6 is 0 Å². The minimum Gasteiger partial charge on any atom is -0.482 e. The lowest BCUT2D eigenvalue weighted by Gasteiger charge is -2.30. The number of para-hydroxylation sites is 3. The standard InChI is InChI=1S/C24H21F3N2O4S/c25-24(26,27)16-33-22-13-4-2-11-20(22)28-23(30)18-8-5-10-19(15-18)34(31,32)29-14-6-9-17-7-1-3-12-21(17)29/h1-5,7-8,10-13,15H,6,9,14,16H2,(H,28,30). The first kappa shape index (κ1) is 23.6. The Morgan fingerprint density at radius 2 is 1.74 bits per heavy atom. The van der Waals surface area contributed by atoms with E-state index < -0.39 is 28.7 Å². The number of rotatable bonds is 6. The van der Waals surface area contributed by atoms with Gasteiger partial charge in [-0.3, -0.25) is 9.10 Å². The van der Waals surface area contributed by atoms with Gasteiger partial charge in [0.25, 0.3) is 15.9 Å². The largest absolute Gasteiger partial charge is 0.482 e. The third kappa shape index (κ3) is 5.17. The number of fused-ring (bicyclic) bond motifs is 1. The molecule has 0 radical (unpaired) electrons. The van der Waals surface area contributed by atoms with Crippen molar-refractivity contribution in [2.75, 3.05) is 22.8 Å². The lowest BCUT2D eigenvalue weighted by molar-refractivity contribution is -0.153. The number of amides is 1. The first-order valence-corrected chi connectivity index (χ1v) is 11.9. The number of halogens is 3. The smallest absolute Gasteiger partial charge is 0.422 e. The van der Waals surface area contributed by atoms with Crippen LogP contribution in [0.5, 0.6) is 5.75 Å². The summed E-state index contributed by atoms with van der Waals surface area (Å²) >= 11 is 0. The number of hydrogen-bond acceptors (Lipinski definition) is 4. The zero-order valence-corrected chi connectivity index (χ0v) is 18.7. The van der Waals surface area contributed by atoms with Crippen molar-refractivity contribution in [3.05, 3.63) is 83.9 Å². The molecule has 0 bridgehead atoms. The van der Waals surface area contributed by atoms with E-state index >= 15 is 0 Å². The van der Waals surface area contributed by atoms with Crippen LogP contribution in [0.25, 0.3) is 0 Å². The average molecular weight is 491 g/mol. The van der Waals surface area contributed by atoms with Gasteiger partial charge in [0.05, 0.1) is 16.3 Å². The summed E-state index contributed by atoms with van der Waals surface area (Å²) < 4.78 is 70.5. The van der Waals surface area contributed by atoms with Gasteiger partial charge in [0, 0.05) is 12.1 Å². The zero-order valence-electron chi connectivity index (χ0n) is 17.9. The average Bonchev–Trinajstić information content (AvgIpc) is 2.82. The molecular formula is C24H21F3N2O4S. The molecule has 3 aromatic carbocycles. The summed E-state index contributed by atoms with van der Waals surface area (Å²) in [5.41, 5.74) is 1.62. The molecule has 1 amide bonds. The third-order valence-corrected chi connectivity index (χ3v) is 7.09. The monoisotopic (exact) mass is 490 g/mol. The normalized spacial score (nSPS) is 13.8. The van der Waals surface area contributed by atoms with Gasteiger partial charge < -0.3 is 10.1 Å². The molecule has 3 aromatic rings. The number of alkyl halides is 3. The Balaban J connectivity index is 1.58. The molecule has 178 valence electrons. The Morgan fingerprint density at radius 3 is 2.53 bits per heavy atom. The summed E-state index contributed by atoms with van der Waals surface area (Å²) in [4.78, 5) is 12.8. The Kier molecular flexibility index (Phi) is 6.52. The molecule has 1 N–H and O–H groups in total. The number of carbonyl (C=O) groups is 1. The van der Waals surface area contributed by atoms with Crippen molar-refractivity contribution in [2.24, 2.45) is 0 Å². The molecular weight excluding hydrogens is 469 g/mol. The molecule has 1 heterocycles. The maximum absolute atomic E-state index is 13.4. The van der Waals surface area contributed by atoms with E-state index in [1.807, 2.05) is 12.1 Å². The molecule has 0 saturated heterocycles. The number of ether oxygens (including phenoxy) is 1. The van der Waals surface area contributed by atoms with Crippen molar-refractivity contribution < 1.29 is 31.1 Å². The number of nitrogens with one attached hydrogen (secondary N) is 1. The Hall–Kier alpha value is -3.53. The van der Waals surface area contributed by atoms with Crippen LogP contribution in [0.1, 0.15) is 22.3 Å². The fourth-order valence-electron chi connectivity index (χ4n) is 3.72. The van der Waals surface area contributed by atoms with Gasteiger partial charge in [0.15, 0.2) is 6.61 Å². The molecule has 0 aromatic heterocycles. The minimum absolute atomic E-state index is 0.0370. The highest BCUT2D eigenvalue weighted by Gasteiger charge is 2.30. The molecule has 10 heteroatoms. The van der Waals surface area contributed by atoms with Crippen molar-refractivity contribution in [1.29, 1.82) is 0 Å². The molecule has 0 aliphatic carbocycles. The van der Waals surface area contributed by atoms with Crippen molar-refractivity contribution in [2.45, 2.75) is 23.9 Å². The Labute approximate surface area is 195 Å². The maximum Gasteiger partial charge on any atom is 0.422 e. The summed E-state index contributed by atoms with van der Waals surface area (Å²) in [6.45, 7) is -1.19. The van der Waals surface area contributed by atoms with Gasteiger partial charge in [-0.05, 0) is 54.8 Å². The van der Waals surface area contributed by atoms with Crippen LogP contribution in [0.15, 0.2) is 77.7 Å². The van der Waals surface area contributed by atoms with E-state index in [9.17, 15) is 26.4 Å². The first-order chi connectivity index (χ1) is 16.1. The van der Waals surface area contributed by atoms with Crippen LogP contribution in [0.3, 0.4) is 0 Å². The second kappa shape index (κ2) is 9.38. The SMILES string of the molecule is O=C(Nc1ccccc1OCC(F)(F)F)c1cccc(S(=O)(=O)N2CCCc3ccccc32)c1. The molecule has 0 unspecified atom stereocenters. The lowest BCUT2D eigenvalue weighted by atomic mass is 10.0. The lowest BCUT2D eigenvalue weighted by Crippen LogP contribution is -2.35. The second-order valence-electron chi connectivity index (χ2n) is 7.69. The van der Waals surface area contributed by atoms with Crippen LogP contribution in [0, 0.1) is 0 Å². The highest BCUT2D eigenvalue weighted by molar-refractivity contribution is 7.92. The molecule has 1 aliphatic heterocycles. The molecule has 4 rings (SSSR count).